The summed E-state index contributed by atoms with van der Waals surface area (Å²) in [6.45, 7) is 4.31. The Hall–Kier alpha value is -1.40. The van der Waals surface area contributed by atoms with E-state index < -0.39 is 12.1 Å². The third kappa shape index (κ3) is 2.83. The predicted octanol–water partition coefficient (Wildman–Crippen LogP) is 0.0139. The minimum atomic E-state index is -0.893. The number of carboxylic acid groups (broad SMARTS) is 1. The fraction of sp³-hybridized carbons (Fsp3) is 0.636. The third-order valence-electron chi connectivity index (χ3n) is 2.91. The van der Waals surface area contributed by atoms with Gasteiger partial charge >= 0.3 is 5.97 Å². The van der Waals surface area contributed by atoms with Crippen LogP contribution in [0.1, 0.15) is 11.4 Å². The van der Waals surface area contributed by atoms with E-state index in [0.717, 1.165) is 17.9 Å². The number of carbonyl (C=O) groups is 1. The van der Waals surface area contributed by atoms with Crippen LogP contribution in [0.3, 0.4) is 0 Å². The van der Waals surface area contributed by atoms with E-state index >= 15 is 0 Å². The van der Waals surface area contributed by atoms with Crippen LogP contribution in [0.25, 0.3) is 0 Å². The minimum Gasteiger partial charge on any atom is -0.479 e. The van der Waals surface area contributed by atoms with Crippen LogP contribution in [0.5, 0.6) is 0 Å². The van der Waals surface area contributed by atoms with Crippen LogP contribution in [0.4, 0.5) is 0 Å². The van der Waals surface area contributed by atoms with Gasteiger partial charge in [-0.3, -0.25) is 9.58 Å². The highest BCUT2D eigenvalue weighted by molar-refractivity contribution is 5.72. The lowest BCUT2D eigenvalue weighted by molar-refractivity contribution is -0.156. The maximum atomic E-state index is 10.9. The molecule has 0 bridgehead atoms. The summed E-state index contributed by atoms with van der Waals surface area (Å²) in [5.41, 5.74) is 2.07. The highest BCUT2D eigenvalue weighted by atomic mass is 16.5. The number of hydrogen-bond acceptors (Lipinski definition) is 4. The number of ether oxygens (including phenoxy) is 1. The third-order valence-corrected chi connectivity index (χ3v) is 2.91. The summed E-state index contributed by atoms with van der Waals surface area (Å²) >= 11 is 0. The summed E-state index contributed by atoms with van der Waals surface area (Å²) in [7, 11) is 1.90. The first-order valence-electron chi connectivity index (χ1n) is 5.62. The van der Waals surface area contributed by atoms with E-state index in [2.05, 4.69) is 10.00 Å². The van der Waals surface area contributed by atoms with Crippen molar-refractivity contribution in [2.45, 2.75) is 19.6 Å². The zero-order valence-corrected chi connectivity index (χ0v) is 10.1. The molecule has 17 heavy (non-hydrogen) atoms. The molecule has 0 aromatic carbocycles. The highest BCUT2D eigenvalue weighted by Crippen LogP contribution is 2.11. The molecule has 6 heteroatoms. The summed E-state index contributed by atoms with van der Waals surface area (Å²) in [5, 5.41) is 13.2. The number of aromatic nitrogens is 2. The van der Waals surface area contributed by atoms with Gasteiger partial charge in [0.05, 0.1) is 18.0 Å². The van der Waals surface area contributed by atoms with Crippen molar-refractivity contribution < 1.29 is 14.6 Å². The van der Waals surface area contributed by atoms with Gasteiger partial charge in [0.15, 0.2) is 6.10 Å². The molecule has 1 N–H and O–H groups in total. The molecule has 1 unspecified atom stereocenters. The molecule has 1 aliphatic heterocycles. The first-order valence-corrected chi connectivity index (χ1v) is 5.62. The number of nitrogens with zero attached hydrogens (tertiary/aromatic N) is 3. The molecule has 0 radical (unpaired) electrons. The molecule has 1 saturated heterocycles. The van der Waals surface area contributed by atoms with E-state index in [0.29, 0.717) is 19.7 Å². The topological polar surface area (TPSA) is 67.6 Å². The number of aliphatic carboxylic acids is 1. The minimum absolute atomic E-state index is 0.430. The van der Waals surface area contributed by atoms with Crippen molar-refractivity contribution in [2.24, 2.45) is 7.05 Å². The van der Waals surface area contributed by atoms with Gasteiger partial charge in [-0.15, -0.1) is 0 Å². The van der Waals surface area contributed by atoms with Crippen LogP contribution in [-0.4, -0.2) is 51.6 Å². The van der Waals surface area contributed by atoms with Crippen LogP contribution in [0.15, 0.2) is 6.07 Å². The van der Waals surface area contributed by atoms with Gasteiger partial charge in [0.25, 0.3) is 0 Å². The summed E-state index contributed by atoms with van der Waals surface area (Å²) in [5.74, 6) is -0.893. The number of aryl methyl sites for hydroxylation is 2. The summed E-state index contributed by atoms with van der Waals surface area (Å²) in [4.78, 5) is 12.9. The molecule has 1 atom stereocenters. The molecule has 0 spiro atoms. The molecular weight excluding hydrogens is 222 g/mol. The lowest BCUT2D eigenvalue weighted by atomic mass is 10.2. The van der Waals surface area contributed by atoms with Gasteiger partial charge in [-0.05, 0) is 13.0 Å². The van der Waals surface area contributed by atoms with Gasteiger partial charge < -0.3 is 9.84 Å². The Morgan fingerprint density at radius 3 is 3.06 bits per heavy atom. The molecule has 1 aromatic rings. The summed E-state index contributed by atoms with van der Waals surface area (Å²) in [6, 6.07) is 2.02. The predicted molar refractivity (Wildman–Crippen MR) is 60.6 cm³/mol. The SMILES string of the molecule is Cc1cc(CN2CCOC(C(=O)O)C2)n(C)n1. The molecule has 2 heterocycles. The van der Waals surface area contributed by atoms with Crippen molar-refractivity contribution in [1.82, 2.24) is 14.7 Å². The Bertz CT molecular complexity index is 416. The van der Waals surface area contributed by atoms with Crippen molar-refractivity contribution in [1.29, 1.82) is 0 Å². The van der Waals surface area contributed by atoms with Crippen LogP contribution >= 0.6 is 0 Å². The first kappa shape index (κ1) is 12.1. The second-order valence-corrected chi connectivity index (χ2v) is 4.33. The Morgan fingerprint density at radius 2 is 2.47 bits per heavy atom. The van der Waals surface area contributed by atoms with Crippen molar-refractivity contribution >= 4 is 5.97 Å². The number of carboxylic acids is 1. The van der Waals surface area contributed by atoms with E-state index in [1.807, 2.05) is 24.7 Å². The highest BCUT2D eigenvalue weighted by Gasteiger charge is 2.26. The monoisotopic (exact) mass is 239 g/mol. The zero-order chi connectivity index (χ0) is 12.4. The summed E-state index contributed by atoms with van der Waals surface area (Å²) in [6.07, 6.45) is -0.710. The lowest BCUT2D eigenvalue weighted by Crippen LogP contribution is -2.45. The largest absolute Gasteiger partial charge is 0.479 e. The van der Waals surface area contributed by atoms with Crippen molar-refractivity contribution in [3.8, 4) is 0 Å². The smallest absolute Gasteiger partial charge is 0.334 e. The van der Waals surface area contributed by atoms with Crippen molar-refractivity contribution in [3.63, 3.8) is 0 Å². The number of hydrogen-bond donors (Lipinski definition) is 1. The second kappa shape index (κ2) is 4.85. The van der Waals surface area contributed by atoms with Crippen LogP contribution < -0.4 is 0 Å². The van der Waals surface area contributed by atoms with Crippen molar-refractivity contribution in [3.05, 3.63) is 17.5 Å². The average molecular weight is 239 g/mol. The molecule has 0 aliphatic carbocycles. The number of rotatable bonds is 3. The number of morpholine rings is 1. The first-order chi connectivity index (χ1) is 8.06. The lowest BCUT2D eigenvalue weighted by Gasteiger charge is -2.30. The van der Waals surface area contributed by atoms with Gasteiger partial charge in [0, 0.05) is 26.7 Å². The normalized spacial score (nSPS) is 21.6. The van der Waals surface area contributed by atoms with Crippen LogP contribution in [-0.2, 0) is 23.1 Å². The van der Waals surface area contributed by atoms with Gasteiger partial charge in [-0.25, -0.2) is 4.79 Å². The van der Waals surface area contributed by atoms with Crippen LogP contribution in [0, 0.1) is 6.92 Å². The van der Waals surface area contributed by atoms with E-state index in [9.17, 15) is 4.79 Å². The Kier molecular flexibility index (Phi) is 3.44. The van der Waals surface area contributed by atoms with Gasteiger partial charge in [-0.2, -0.15) is 5.10 Å². The molecule has 1 aliphatic rings. The average Bonchev–Trinajstić information content (AvgIpc) is 2.58. The van der Waals surface area contributed by atoms with E-state index in [1.54, 1.807) is 0 Å². The van der Waals surface area contributed by atoms with Gasteiger partial charge in [-0.1, -0.05) is 0 Å². The standard InChI is InChI=1S/C11H17N3O3/c1-8-5-9(13(2)12-8)6-14-3-4-17-10(7-14)11(15)16/h5,10H,3-4,6-7H2,1-2H3,(H,15,16). The van der Waals surface area contributed by atoms with Gasteiger partial charge in [0.2, 0.25) is 0 Å². The molecule has 94 valence electrons. The zero-order valence-electron chi connectivity index (χ0n) is 10.1. The van der Waals surface area contributed by atoms with Crippen molar-refractivity contribution in [2.75, 3.05) is 19.7 Å². The molecule has 0 saturated carbocycles. The van der Waals surface area contributed by atoms with E-state index in [1.165, 1.54) is 0 Å². The second-order valence-electron chi connectivity index (χ2n) is 4.33. The van der Waals surface area contributed by atoms with E-state index in [-0.39, 0.29) is 0 Å². The Balaban J connectivity index is 1.99. The fourth-order valence-corrected chi connectivity index (χ4v) is 2.04. The molecule has 1 fully saturated rings. The maximum absolute atomic E-state index is 10.9. The maximum Gasteiger partial charge on any atom is 0.334 e. The molecular formula is C11H17N3O3. The quantitative estimate of drug-likeness (QED) is 0.805. The van der Waals surface area contributed by atoms with E-state index in [4.69, 9.17) is 9.84 Å². The molecule has 0 amide bonds. The van der Waals surface area contributed by atoms with Crippen LogP contribution in [0.2, 0.25) is 0 Å². The molecule has 1 aromatic heterocycles. The fourth-order valence-electron chi connectivity index (χ4n) is 2.04. The molecule has 2 rings (SSSR count). The van der Waals surface area contributed by atoms with Gasteiger partial charge in [0.1, 0.15) is 0 Å². The Labute approximate surface area is 99.8 Å². The molecule has 6 nitrogen and oxygen atoms in total. The Morgan fingerprint density at radius 1 is 1.71 bits per heavy atom. The summed E-state index contributed by atoms with van der Waals surface area (Å²) < 4.78 is 7.01.